The predicted octanol–water partition coefficient (Wildman–Crippen LogP) is 0.717. The molecule has 1 amide bonds. The van der Waals surface area contributed by atoms with E-state index in [9.17, 15) is 4.79 Å². The number of nitrogens with zero attached hydrogens (tertiary/aromatic N) is 1. The van der Waals surface area contributed by atoms with Crippen LogP contribution >= 0.6 is 0 Å². The minimum absolute atomic E-state index is 0.0641. The lowest BCUT2D eigenvalue weighted by Crippen LogP contribution is -2.46. The molecule has 1 atom stereocenters. The molecule has 2 heterocycles. The van der Waals surface area contributed by atoms with Crippen molar-refractivity contribution in [3.05, 3.63) is 24.5 Å². The molecule has 2 rings (SSSR count). The molecule has 0 bridgehead atoms. The molecule has 1 aliphatic rings. The van der Waals surface area contributed by atoms with Gasteiger partial charge in [-0.3, -0.25) is 9.78 Å². The Labute approximate surface area is 107 Å². The molecule has 1 fully saturated rings. The average molecular weight is 249 g/mol. The Hall–Kier alpha value is -1.62. The monoisotopic (exact) mass is 249 g/mol. The van der Waals surface area contributed by atoms with E-state index >= 15 is 0 Å². The number of rotatable bonds is 4. The summed E-state index contributed by atoms with van der Waals surface area (Å²) in [5, 5.41) is 6.28. The summed E-state index contributed by atoms with van der Waals surface area (Å²) in [6.07, 6.45) is 4.74. The molecule has 0 aliphatic carbocycles. The number of amides is 1. The number of carbonyl (C=O) groups is 1. The Kier molecular flexibility index (Phi) is 4.52. The fraction of sp³-hybridized carbons (Fsp3) is 0.538. The minimum atomic E-state index is -0.496. The fourth-order valence-electron chi connectivity index (χ4n) is 1.96. The summed E-state index contributed by atoms with van der Waals surface area (Å²) in [6, 6.07) is 3.84. The minimum Gasteiger partial charge on any atom is -0.479 e. The molecule has 18 heavy (non-hydrogen) atoms. The Morgan fingerprint density at radius 3 is 3.00 bits per heavy atom. The van der Waals surface area contributed by atoms with Crippen LogP contribution in [0, 0.1) is 0 Å². The van der Waals surface area contributed by atoms with Gasteiger partial charge in [-0.1, -0.05) is 0 Å². The second kappa shape index (κ2) is 6.35. The van der Waals surface area contributed by atoms with E-state index in [1.165, 1.54) is 0 Å². The highest BCUT2D eigenvalue weighted by atomic mass is 16.5. The van der Waals surface area contributed by atoms with Gasteiger partial charge in [-0.15, -0.1) is 0 Å². The third-order valence-electron chi connectivity index (χ3n) is 3.00. The summed E-state index contributed by atoms with van der Waals surface area (Å²) in [5.41, 5.74) is 0. The van der Waals surface area contributed by atoms with Crippen molar-refractivity contribution in [2.45, 2.75) is 31.9 Å². The Bertz CT molecular complexity index is 377. The number of aromatic nitrogens is 1. The topological polar surface area (TPSA) is 63.2 Å². The summed E-state index contributed by atoms with van der Waals surface area (Å²) >= 11 is 0. The molecule has 0 radical (unpaired) electrons. The summed E-state index contributed by atoms with van der Waals surface area (Å²) < 4.78 is 5.53. The highest BCUT2D eigenvalue weighted by molar-refractivity contribution is 5.81. The molecule has 5 nitrogen and oxygen atoms in total. The summed E-state index contributed by atoms with van der Waals surface area (Å²) in [5.74, 6) is 0.552. The van der Waals surface area contributed by atoms with Gasteiger partial charge in [0.25, 0.3) is 5.91 Å². The van der Waals surface area contributed by atoms with Crippen molar-refractivity contribution in [1.29, 1.82) is 0 Å². The van der Waals surface area contributed by atoms with Crippen molar-refractivity contribution in [3.8, 4) is 5.75 Å². The quantitative estimate of drug-likeness (QED) is 0.825. The van der Waals surface area contributed by atoms with Gasteiger partial charge in [0.2, 0.25) is 0 Å². The first kappa shape index (κ1) is 12.8. The second-order valence-electron chi connectivity index (χ2n) is 4.48. The third kappa shape index (κ3) is 3.70. The molecule has 1 aromatic heterocycles. The largest absolute Gasteiger partial charge is 0.479 e. The van der Waals surface area contributed by atoms with Gasteiger partial charge >= 0.3 is 0 Å². The number of hydrogen-bond acceptors (Lipinski definition) is 4. The van der Waals surface area contributed by atoms with Gasteiger partial charge in [-0.25, -0.2) is 0 Å². The first-order valence-corrected chi connectivity index (χ1v) is 6.33. The second-order valence-corrected chi connectivity index (χ2v) is 4.48. The van der Waals surface area contributed by atoms with Crippen LogP contribution in [0.2, 0.25) is 0 Å². The van der Waals surface area contributed by atoms with E-state index in [-0.39, 0.29) is 11.9 Å². The van der Waals surface area contributed by atoms with Crippen molar-refractivity contribution in [1.82, 2.24) is 15.6 Å². The van der Waals surface area contributed by atoms with Gasteiger partial charge in [0.1, 0.15) is 5.75 Å². The average Bonchev–Trinajstić information content (AvgIpc) is 2.41. The van der Waals surface area contributed by atoms with Crippen LogP contribution in [-0.2, 0) is 4.79 Å². The van der Waals surface area contributed by atoms with E-state index in [2.05, 4.69) is 15.6 Å². The van der Waals surface area contributed by atoms with Crippen LogP contribution in [0.3, 0.4) is 0 Å². The maximum atomic E-state index is 11.9. The maximum absolute atomic E-state index is 11.9. The lowest BCUT2D eigenvalue weighted by molar-refractivity contribution is -0.128. The van der Waals surface area contributed by atoms with Crippen molar-refractivity contribution in [3.63, 3.8) is 0 Å². The highest BCUT2D eigenvalue weighted by Gasteiger charge is 2.20. The summed E-state index contributed by atoms with van der Waals surface area (Å²) in [4.78, 5) is 15.9. The number of pyridine rings is 1. The van der Waals surface area contributed by atoms with E-state index in [4.69, 9.17) is 4.74 Å². The van der Waals surface area contributed by atoms with Crippen LogP contribution in [0.15, 0.2) is 24.5 Å². The molecular weight excluding hydrogens is 230 g/mol. The van der Waals surface area contributed by atoms with Gasteiger partial charge < -0.3 is 15.4 Å². The summed E-state index contributed by atoms with van der Waals surface area (Å²) in [6.45, 7) is 3.68. The smallest absolute Gasteiger partial charge is 0.260 e. The van der Waals surface area contributed by atoms with Crippen LogP contribution in [0.4, 0.5) is 0 Å². The van der Waals surface area contributed by atoms with E-state index in [0.29, 0.717) is 5.75 Å². The van der Waals surface area contributed by atoms with Crippen LogP contribution in [0.25, 0.3) is 0 Å². The lowest BCUT2D eigenvalue weighted by atomic mass is 10.1. The van der Waals surface area contributed by atoms with Gasteiger partial charge in [0.15, 0.2) is 6.10 Å². The number of nitrogens with one attached hydrogen (secondary N) is 2. The molecule has 1 aliphatic heterocycles. The molecule has 1 aromatic rings. The number of ether oxygens (including phenoxy) is 1. The van der Waals surface area contributed by atoms with Crippen LogP contribution in [0.5, 0.6) is 5.75 Å². The molecule has 2 N–H and O–H groups in total. The third-order valence-corrected chi connectivity index (χ3v) is 3.00. The first-order chi connectivity index (χ1) is 8.75. The van der Waals surface area contributed by atoms with E-state index in [1.807, 2.05) is 0 Å². The Morgan fingerprint density at radius 1 is 1.56 bits per heavy atom. The molecule has 98 valence electrons. The normalized spacial score (nSPS) is 18.1. The van der Waals surface area contributed by atoms with E-state index in [1.54, 1.807) is 31.5 Å². The Morgan fingerprint density at radius 2 is 2.33 bits per heavy atom. The number of hydrogen-bond donors (Lipinski definition) is 2. The van der Waals surface area contributed by atoms with Gasteiger partial charge in [-0.05, 0) is 45.0 Å². The predicted molar refractivity (Wildman–Crippen MR) is 68.4 cm³/mol. The standard InChI is InChI=1S/C13H19N3O2/c1-10(18-12-3-2-6-15-9-12)13(17)16-11-4-7-14-8-5-11/h2-3,6,9-11,14H,4-5,7-8H2,1H3,(H,16,17). The van der Waals surface area contributed by atoms with Crippen LogP contribution in [0.1, 0.15) is 19.8 Å². The zero-order valence-corrected chi connectivity index (χ0v) is 10.6. The molecule has 0 aromatic carbocycles. The molecule has 5 heteroatoms. The van der Waals surface area contributed by atoms with Crippen LogP contribution < -0.4 is 15.4 Å². The zero-order valence-electron chi connectivity index (χ0n) is 10.6. The Balaban J connectivity index is 1.81. The van der Waals surface area contributed by atoms with Crippen molar-refractivity contribution in [2.75, 3.05) is 13.1 Å². The maximum Gasteiger partial charge on any atom is 0.260 e. The van der Waals surface area contributed by atoms with Gasteiger partial charge in [-0.2, -0.15) is 0 Å². The van der Waals surface area contributed by atoms with Crippen LogP contribution in [-0.4, -0.2) is 36.1 Å². The van der Waals surface area contributed by atoms with E-state index in [0.717, 1.165) is 25.9 Å². The van der Waals surface area contributed by atoms with Crippen molar-refractivity contribution < 1.29 is 9.53 Å². The molecule has 0 saturated carbocycles. The lowest BCUT2D eigenvalue weighted by Gasteiger charge is -2.25. The molecular formula is C13H19N3O2. The van der Waals surface area contributed by atoms with Gasteiger partial charge in [0.05, 0.1) is 6.20 Å². The first-order valence-electron chi connectivity index (χ1n) is 6.33. The zero-order chi connectivity index (χ0) is 12.8. The fourth-order valence-corrected chi connectivity index (χ4v) is 1.96. The van der Waals surface area contributed by atoms with Gasteiger partial charge in [0, 0.05) is 12.2 Å². The number of piperidine rings is 1. The summed E-state index contributed by atoms with van der Waals surface area (Å²) in [7, 11) is 0. The SMILES string of the molecule is CC(Oc1cccnc1)C(=O)NC1CCNCC1. The number of carbonyl (C=O) groups excluding carboxylic acids is 1. The molecule has 0 spiro atoms. The van der Waals surface area contributed by atoms with Crippen molar-refractivity contribution in [2.24, 2.45) is 0 Å². The van der Waals surface area contributed by atoms with E-state index < -0.39 is 6.10 Å². The van der Waals surface area contributed by atoms with Crippen molar-refractivity contribution >= 4 is 5.91 Å². The molecule has 1 unspecified atom stereocenters. The molecule has 1 saturated heterocycles. The highest BCUT2D eigenvalue weighted by Crippen LogP contribution is 2.10.